The van der Waals surface area contributed by atoms with Crippen LogP contribution in [0.15, 0.2) is 24.3 Å². The van der Waals surface area contributed by atoms with Crippen LogP contribution in [0.2, 0.25) is 0 Å². The van der Waals surface area contributed by atoms with Gasteiger partial charge in [0.05, 0.1) is 13.0 Å². The van der Waals surface area contributed by atoms with Gasteiger partial charge in [0, 0.05) is 11.1 Å². The lowest BCUT2D eigenvalue weighted by molar-refractivity contribution is -0.143. The highest BCUT2D eigenvalue weighted by Gasteiger charge is 2.56. The van der Waals surface area contributed by atoms with Crippen molar-refractivity contribution in [3.63, 3.8) is 0 Å². The summed E-state index contributed by atoms with van der Waals surface area (Å²) in [6, 6.07) is 6.83. The van der Waals surface area contributed by atoms with Crippen molar-refractivity contribution >= 4 is 17.5 Å². The second-order valence-corrected chi connectivity index (χ2v) is 7.59. The minimum atomic E-state index is -1.56. The van der Waals surface area contributed by atoms with Crippen molar-refractivity contribution in [1.29, 1.82) is 0 Å². The maximum atomic E-state index is 13.7. The molecule has 0 saturated carbocycles. The zero-order chi connectivity index (χ0) is 20.8. The molecule has 0 aromatic heterocycles. The standard InChI is InChI=1S/C24H26O4/c1-7-28-20(25)12-24(21-16(5)14(3)13(2)15(4)17(21)6)22(26)18-10-8-9-11-19(18)23(24)27/h8-11H,7,12H2,1-6H3. The third-order valence-electron chi connectivity index (χ3n) is 6.33. The maximum Gasteiger partial charge on any atom is 0.307 e. The molecule has 28 heavy (non-hydrogen) atoms. The quantitative estimate of drug-likeness (QED) is 0.581. The Balaban J connectivity index is 2.38. The molecular formula is C24H26O4. The Morgan fingerprint density at radius 3 is 1.68 bits per heavy atom. The van der Waals surface area contributed by atoms with Gasteiger partial charge in [0.15, 0.2) is 11.6 Å². The van der Waals surface area contributed by atoms with Gasteiger partial charge in [-0.1, -0.05) is 24.3 Å². The van der Waals surface area contributed by atoms with E-state index in [2.05, 4.69) is 0 Å². The number of fused-ring (bicyclic) bond motifs is 1. The van der Waals surface area contributed by atoms with Crippen LogP contribution >= 0.6 is 0 Å². The molecule has 1 aliphatic carbocycles. The number of ketones is 2. The van der Waals surface area contributed by atoms with E-state index in [1.165, 1.54) is 0 Å². The molecule has 0 saturated heterocycles. The van der Waals surface area contributed by atoms with Crippen LogP contribution in [0.1, 0.15) is 67.4 Å². The highest BCUT2D eigenvalue weighted by atomic mass is 16.5. The van der Waals surface area contributed by atoms with Gasteiger partial charge in [0.1, 0.15) is 5.41 Å². The molecule has 146 valence electrons. The maximum absolute atomic E-state index is 13.7. The largest absolute Gasteiger partial charge is 0.466 e. The fourth-order valence-corrected chi connectivity index (χ4v) is 4.49. The zero-order valence-electron chi connectivity index (χ0n) is 17.4. The summed E-state index contributed by atoms with van der Waals surface area (Å²) in [5, 5.41) is 0. The molecule has 0 atom stereocenters. The van der Waals surface area contributed by atoms with Crippen molar-refractivity contribution in [3.8, 4) is 0 Å². The summed E-state index contributed by atoms with van der Waals surface area (Å²) in [5.74, 6) is -1.16. The van der Waals surface area contributed by atoms with E-state index in [0.29, 0.717) is 16.7 Å². The first-order valence-electron chi connectivity index (χ1n) is 9.60. The number of rotatable bonds is 4. The molecule has 4 nitrogen and oxygen atoms in total. The van der Waals surface area contributed by atoms with Crippen LogP contribution in [-0.2, 0) is 14.9 Å². The Labute approximate surface area is 165 Å². The summed E-state index contributed by atoms with van der Waals surface area (Å²) in [6.45, 7) is 11.8. The van der Waals surface area contributed by atoms with Gasteiger partial charge in [-0.2, -0.15) is 0 Å². The molecule has 0 unspecified atom stereocenters. The fourth-order valence-electron chi connectivity index (χ4n) is 4.49. The van der Waals surface area contributed by atoms with Gasteiger partial charge in [0.2, 0.25) is 0 Å². The smallest absolute Gasteiger partial charge is 0.307 e. The van der Waals surface area contributed by atoms with Gasteiger partial charge in [-0.25, -0.2) is 0 Å². The zero-order valence-corrected chi connectivity index (χ0v) is 17.4. The number of benzene rings is 2. The van der Waals surface area contributed by atoms with Crippen LogP contribution in [0.3, 0.4) is 0 Å². The lowest BCUT2D eigenvalue weighted by atomic mass is 9.68. The SMILES string of the molecule is CCOC(=O)CC1(c2c(C)c(C)c(C)c(C)c2C)C(=O)c2ccccc2C1=O. The number of Topliss-reactive ketones (excluding diaryl/α,β-unsaturated/α-hetero) is 2. The third kappa shape index (κ3) is 2.62. The Bertz CT molecular complexity index is 950. The van der Waals surface area contributed by atoms with E-state index in [-0.39, 0.29) is 24.6 Å². The van der Waals surface area contributed by atoms with Gasteiger partial charge in [-0.15, -0.1) is 0 Å². The minimum Gasteiger partial charge on any atom is -0.466 e. The molecule has 0 amide bonds. The first kappa shape index (κ1) is 20.0. The fraction of sp³-hybridized carbons (Fsp3) is 0.375. The monoisotopic (exact) mass is 378 g/mol. The van der Waals surface area contributed by atoms with Gasteiger partial charge in [0.25, 0.3) is 0 Å². The predicted molar refractivity (Wildman–Crippen MR) is 108 cm³/mol. The summed E-state index contributed by atoms with van der Waals surface area (Å²) in [6.07, 6.45) is -0.281. The van der Waals surface area contributed by atoms with Crippen LogP contribution < -0.4 is 0 Å². The van der Waals surface area contributed by atoms with Crippen LogP contribution in [-0.4, -0.2) is 24.1 Å². The summed E-state index contributed by atoms with van der Waals surface area (Å²) in [7, 11) is 0. The van der Waals surface area contributed by atoms with Gasteiger partial charge in [-0.05, 0) is 74.9 Å². The van der Waals surface area contributed by atoms with Crippen molar-refractivity contribution in [1.82, 2.24) is 0 Å². The van der Waals surface area contributed by atoms with E-state index in [1.54, 1.807) is 31.2 Å². The van der Waals surface area contributed by atoms with E-state index in [0.717, 1.165) is 27.8 Å². The molecule has 0 bridgehead atoms. The number of hydrogen-bond donors (Lipinski definition) is 0. The number of carbonyl (C=O) groups is 3. The number of carbonyl (C=O) groups excluding carboxylic acids is 3. The van der Waals surface area contributed by atoms with Crippen LogP contribution in [0, 0.1) is 34.6 Å². The summed E-state index contributed by atoms with van der Waals surface area (Å²) < 4.78 is 5.17. The topological polar surface area (TPSA) is 60.4 Å². The molecule has 0 N–H and O–H groups in total. The number of ether oxygens (including phenoxy) is 1. The van der Waals surface area contributed by atoms with Gasteiger partial charge < -0.3 is 4.74 Å². The van der Waals surface area contributed by atoms with Crippen molar-refractivity contribution in [2.75, 3.05) is 6.61 Å². The van der Waals surface area contributed by atoms with E-state index in [4.69, 9.17) is 4.74 Å². The van der Waals surface area contributed by atoms with Crippen LogP contribution in [0.25, 0.3) is 0 Å². The first-order valence-corrected chi connectivity index (χ1v) is 9.60. The molecule has 2 aromatic carbocycles. The number of hydrogen-bond acceptors (Lipinski definition) is 4. The van der Waals surface area contributed by atoms with Crippen LogP contribution in [0.4, 0.5) is 0 Å². The number of esters is 1. The van der Waals surface area contributed by atoms with Gasteiger partial charge in [-0.3, -0.25) is 14.4 Å². The highest BCUT2D eigenvalue weighted by Crippen LogP contribution is 2.46. The van der Waals surface area contributed by atoms with Crippen molar-refractivity contribution in [2.45, 2.75) is 53.4 Å². The molecule has 0 spiro atoms. The van der Waals surface area contributed by atoms with Crippen LogP contribution in [0.5, 0.6) is 0 Å². The Hall–Kier alpha value is -2.75. The Morgan fingerprint density at radius 1 is 0.821 bits per heavy atom. The van der Waals surface area contributed by atoms with E-state index in [1.807, 2.05) is 34.6 Å². The minimum absolute atomic E-state index is 0.203. The Morgan fingerprint density at radius 2 is 1.25 bits per heavy atom. The molecular weight excluding hydrogens is 352 g/mol. The average molecular weight is 378 g/mol. The molecule has 3 rings (SSSR count). The molecule has 0 fully saturated rings. The summed E-state index contributed by atoms with van der Waals surface area (Å²) in [5.41, 5.74) is 4.85. The molecule has 0 heterocycles. The molecule has 4 heteroatoms. The normalized spacial score (nSPS) is 14.9. The second-order valence-electron chi connectivity index (χ2n) is 7.59. The average Bonchev–Trinajstić information content (AvgIpc) is 2.88. The highest BCUT2D eigenvalue weighted by molar-refractivity contribution is 6.34. The second kappa shape index (κ2) is 7.01. The van der Waals surface area contributed by atoms with Gasteiger partial charge >= 0.3 is 5.97 Å². The lowest BCUT2D eigenvalue weighted by Gasteiger charge is -2.31. The third-order valence-corrected chi connectivity index (χ3v) is 6.33. The molecule has 0 aliphatic heterocycles. The summed E-state index contributed by atoms with van der Waals surface area (Å²) >= 11 is 0. The molecule has 2 aromatic rings. The molecule has 0 radical (unpaired) electrons. The van der Waals surface area contributed by atoms with Crippen molar-refractivity contribution in [2.24, 2.45) is 0 Å². The van der Waals surface area contributed by atoms with E-state index < -0.39 is 11.4 Å². The van der Waals surface area contributed by atoms with E-state index >= 15 is 0 Å². The Kier molecular flexibility index (Phi) is 5.00. The van der Waals surface area contributed by atoms with Crippen molar-refractivity contribution in [3.05, 3.63) is 68.8 Å². The van der Waals surface area contributed by atoms with E-state index in [9.17, 15) is 14.4 Å². The van der Waals surface area contributed by atoms with Crippen molar-refractivity contribution < 1.29 is 19.1 Å². The molecule has 1 aliphatic rings. The predicted octanol–water partition coefficient (Wildman–Crippen LogP) is 4.50. The summed E-state index contributed by atoms with van der Waals surface area (Å²) in [4.78, 5) is 39.9. The lowest BCUT2D eigenvalue weighted by Crippen LogP contribution is -2.42. The first-order chi connectivity index (χ1) is 13.2.